The van der Waals surface area contributed by atoms with Crippen molar-refractivity contribution in [2.75, 3.05) is 7.11 Å². The molecule has 0 bridgehead atoms. The maximum atomic E-state index is 11.9. The van der Waals surface area contributed by atoms with E-state index in [2.05, 4.69) is 10.1 Å². The highest BCUT2D eigenvalue weighted by Gasteiger charge is 2.23. The summed E-state index contributed by atoms with van der Waals surface area (Å²) >= 11 is 0. The molecule has 6 heteroatoms. The SMILES string of the molecule is COC(=O)C(CC(C)C)NC(=O)c1cc[n+]([O-])cc1. The van der Waals surface area contributed by atoms with Crippen molar-refractivity contribution in [3.05, 3.63) is 35.3 Å². The van der Waals surface area contributed by atoms with E-state index in [0.717, 1.165) is 0 Å². The maximum absolute atomic E-state index is 11.9. The lowest BCUT2D eigenvalue weighted by Gasteiger charge is -2.18. The van der Waals surface area contributed by atoms with Crippen LogP contribution >= 0.6 is 0 Å². The third-order valence-electron chi connectivity index (χ3n) is 2.56. The van der Waals surface area contributed by atoms with E-state index in [9.17, 15) is 14.8 Å². The number of hydrogen-bond donors (Lipinski definition) is 1. The highest BCUT2D eigenvalue weighted by atomic mass is 16.5. The van der Waals surface area contributed by atoms with E-state index in [1.165, 1.54) is 31.6 Å². The van der Waals surface area contributed by atoms with Gasteiger partial charge in [-0.15, -0.1) is 0 Å². The van der Waals surface area contributed by atoms with E-state index in [0.29, 0.717) is 16.7 Å². The van der Waals surface area contributed by atoms with Gasteiger partial charge in [-0.3, -0.25) is 4.79 Å². The predicted octanol–water partition coefficient (Wildman–Crippen LogP) is 0.637. The van der Waals surface area contributed by atoms with Crippen molar-refractivity contribution in [1.29, 1.82) is 0 Å². The summed E-state index contributed by atoms with van der Waals surface area (Å²) in [5, 5.41) is 13.5. The topological polar surface area (TPSA) is 82.3 Å². The molecule has 0 aromatic carbocycles. The Bertz CT molecular complexity index is 442. The number of ether oxygens (including phenoxy) is 1. The average molecular weight is 266 g/mol. The summed E-state index contributed by atoms with van der Waals surface area (Å²) in [4.78, 5) is 23.5. The second-order valence-corrected chi connectivity index (χ2v) is 4.63. The highest BCUT2D eigenvalue weighted by molar-refractivity contribution is 5.96. The molecule has 0 saturated carbocycles. The first-order valence-electron chi connectivity index (χ1n) is 6.01. The molecule has 1 aromatic rings. The smallest absolute Gasteiger partial charge is 0.328 e. The van der Waals surface area contributed by atoms with Gasteiger partial charge in [-0.25, -0.2) is 4.79 Å². The highest BCUT2D eigenvalue weighted by Crippen LogP contribution is 2.07. The fourth-order valence-corrected chi connectivity index (χ4v) is 1.63. The van der Waals surface area contributed by atoms with Gasteiger partial charge in [-0.2, -0.15) is 4.73 Å². The summed E-state index contributed by atoms with van der Waals surface area (Å²) in [7, 11) is 1.28. The van der Waals surface area contributed by atoms with Crippen LogP contribution < -0.4 is 10.0 Å². The van der Waals surface area contributed by atoms with Crippen LogP contribution in [0.3, 0.4) is 0 Å². The minimum Gasteiger partial charge on any atom is -0.619 e. The Kier molecular flexibility index (Phi) is 5.29. The van der Waals surface area contributed by atoms with Crippen LogP contribution in [0.5, 0.6) is 0 Å². The van der Waals surface area contributed by atoms with Crippen LogP contribution in [-0.2, 0) is 9.53 Å². The Morgan fingerprint density at radius 3 is 2.42 bits per heavy atom. The largest absolute Gasteiger partial charge is 0.619 e. The first-order valence-corrected chi connectivity index (χ1v) is 6.01. The molecule has 0 aliphatic rings. The molecule has 1 N–H and O–H groups in total. The van der Waals surface area contributed by atoms with Crippen LogP contribution in [0.2, 0.25) is 0 Å². The fraction of sp³-hybridized carbons (Fsp3) is 0.462. The van der Waals surface area contributed by atoms with Crippen molar-refractivity contribution in [3.63, 3.8) is 0 Å². The zero-order chi connectivity index (χ0) is 14.4. The number of nitrogens with zero attached hydrogens (tertiary/aromatic N) is 1. The molecule has 0 fully saturated rings. The number of hydrogen-bond acceptors (Lipinski definition) is 4. The molecule has 0 spiro atoms. The standard InChI is InChI=1S/C13H18N2O4/c1-9(2)8-11(13(17)19-3)14-12(16)10-4-6-15(18)7-5-10/h4-7,9,11H,8H2,1-3H3,(H,14,16). The summed E-state index contributed by atoms with van der Waals surface area (Å²) in [5.41, 5.74) is 0.324. The molecule has 0 aliphatic carbocycles. The Hall–Kier alpha value is -2.11. The van der Waals surface area contributed by atoms with E-state index < -0.39 is 17.9 Å². The van der Waals surface area contributed by atoms with Gasteiger partial charge in [0.05, 0.1) is 12.7 Å². The first-order chi connectivity index (χ1) is 8.93. The molecular formula is C13H18N2O4. The number of carbonyl (C=O) groups excluding carboxylic acids is 2. The van der Waals surface area contributed by atoms with Gasteiger partial charge in [0.1, 0.15) is 6.04 Å². The molecule has 1 heterocycles. The quantitative estimate of drug-likeness (QED) is 0.481. The average Bonchev–Trinajstić information content (AvgIpc) is 2.37. The molecule has 0 radical (unpaired) electrons. The van der Waals surface area contributed by atoms with E-state index in [-0.39, 0.29) is 5.92 Å². The number of esters is 1. The first kappa shape index (κ1) is 14.9. The molecule has 1 rings (SSSR count). The molecule has 1 atom stereocenters. The monoisotopic (exact) mass is 266 g/mol. The summed E-state index contributed by atoms with van der Waals surface area (Å²) in [5.74, 6) is -0.641. The predicted molar refractivity (Wildman–Crippen MR) is 68.1 cm³/mol. The van der Waals surface area contributed by atoms with Crippen LogP contribution in [0.1, 0.15) is 30.6 Å². The summed E-state index contributed by atoms with van der Waals surface area (Å²) in [6, 6.07) is 2.11. The van der Waals surface area contributed by atoms with Crippen LogP contribution in [0.4, 0.5) is 0 Å². The second kappa shape index (κ2) is 6.72. The van der Waals surface area contributed by atoms with E-state index >= 15 is 0 Å². The Balaban J connectivity index is 2.75. The van der Waals surface area contributed by atoms with Crippen LogP contribution in [0, 0.1) is 11.1 Å². The third-order valence-corrected chi connectivity index (χ3v) is 2.56. The molecule has 6 nitrogen and oxygen atoms in total. The second-order valence-electron chi connectivity index (χ2n) is 4.63. The number of nitrogens with one attached hydrogen (secondary N) is 1. The molecule has 1 amide bonds. The number of aromatic nitrogens is 1. The zero-order valence-corrected chi connectivity index (χ0v) is 11.3. The van der Waals surface area contributed by atoms with Gasteiger partial charge in [0.25, 0.3) is 5.91 Å². The van der Waals surface area contributed by atoms with Crippen molar-refractivity contribution >= 4 is 11.9 Å². The van der Waals surface area contributed by atoms with Crippen molar-refractivity contribution in [1.82, 2.24) is 5.32 Å². The van der Waals surface area contributed by atoms with Crippen molar-refractivity contribution in [2.24, 2.45) is 5.92 Å². The van der Waals surface area contributed by atoms with Crippen LogP contribution in [-0.4, -0.2) is 25.0 Å². The van der Waals surface area contributed by atoms with Gasteiger partial charge in [-0.1, -0.05) is 13.8 Å². The van der Waals surface area contributed by atoms with Crippen molar-refractivity contribution in [3.8, 4) is 0 Å². The van der Waals surface area contributed by atoms with Gasteiger partial charge in [0.2, 0.25) is 0 Å². The van der Waals surface area contributed by atoms with Gasteiger partial charge in [0, 0.05) is 12.1 Å². The number of pyridine rings is 1. The molecule has 0 saturated heterocycles. The third kappa shape index (κ3) is 4.57. The molecule has 104 valence electrons. The number of methoxy groups -OCH3 is 1. The lowest BCUT2D eigenvalue weighted by Crippen LogP contribution is -2.42. The lowest BCUT2D eigenvalue weighted by atomic mass is 10.0. The molecule has 1 aromatic heterocycles. The van der Waals surface area contributed by atoms with Crippen LogP contribution in [0.25, 0.3) is 0 Å². The van der Waals surface area contributed by atoms with Gasteiger partial charge in [0.15, 0.2) is 12.4 Å². The van der Waals surface area contributed by atoms with Gasteiger partial charge < -0.3 is 15.3 Å². The molecule has 0 aliphatic heterocycles. The van der Waals surface area contributed by atoms with E-state index in [4.69, 9.17) is 0 Å². The fourth-order valence-electron chi connectivity index (χ4n) is 1.63. The summed E-state index contributed by atoms with van der Waals surface area (Å²) < 4.78 is 5.25. The normalized spacial score (nSPS) is 12.0. The Labute approximate surface area is 112 Å². The molecule has 1 unspecified atom stereocenters. The maximum Gasteiger partial charge on any atom is 0.328 e. The Morgan fingerprint density at radius 2 is 1.95 bits per heavy atom. The van der Waals surface area contributed by atoms with E-state index in [1.807, 2.05) is 13.8 Å². The lowest BCUT2D eigenvalue weighted by molar-refractivity contribution is -0.605. The number of carbonyl (C=O) groups is 2. The minimum absolute atomic E-state index is 0.240. The zero-order valence-electron chi connectivity index (χ0n) is 11.3. The van der Waals surface area contributed by atoms with Crippen molar-refractivity contribution < 1.29 is 19.1 Å². The molecular weight excluding hydrogens is 248 g/mol. The number of amides is 1. The van der Waals surface area contributed by atoms with Crippen molar-refractivity contribution in [2.45, 2.75) is 26.3 Å². The molecule has 19 heavy (non-hydrogen) atoms. The Morgan fingerprint density at radius 1 is 1.37 bits per heavy atom. The summed E-state index contributed by atoms with van der Waals surface area (Å²) in [6.45, 7) is 3.90. The minimum atomic E-state index is -0.683. The van der Waals surface area contributed by atoms with Crippen LogP contribution in [0.15, 0.2) is 24.5 Å². The number of rotatable bonds is 5. The van der Waals surface area contributed by atoms with E-state index in [1.54, 1.807) is 0 Å². The summed E-state index contributed by atoms with van der Waals surface area (Å²) in [6.07, 6.45) is 2.95. The van der Waals surface area contributed by atoms with Gasteiger partial charge >= 0.3 is 5.97 Å². The van der Waals surface area contributed by atoms with Gasteiger partial charge in [-0.05, 0) is 12.3 Å².